The lowest BCUT2D eigenvalue weighted by molar-refractivity contribution is -0.137. The molecule has 0 rings (SSSR count). The van der Waals surface area contributed by atoms with Gasteiger partial charge in [-0.1, -0.05) is 83.3 Å². The van der Waals surface area contributed by atoms with E-state index >= 15 is 0 Å². The average molecular weight is 343 g/mol. The minimum absolute atomic E-state index is 0.198. The first-order chi connectivity index (χ1) is 11.6. The third kappa shape index (κ3) is 17.5. The topological polar surface area (TPSA) is 77.8 Å². The van der Waals surface area contributed by atoms with Gasteiger partial charge in [0, 0.05) is 6.42 Å². The molecule has 0 bridgehead atoms. The summed E-state index contributed by atoms with van der Waals surface area (Å²) in [6, 6.07) is 0. The van der Waals surface area contributed by atoms with Gasteiger partial charge in [-0.05, 0) is 19.3 Å². The van der Waals surface area contributed by atoms with E-state index < -0.39 is 18.2 Å². The molecule has 0 fully saturated rings. The van der Waals surface area contributed by atoms with Crippen LogP contribution in [0.25, 0.3) is 0 Å². The van der Waals surface area contributed by atoms with Gasteiger partial charge in [-0.25, -0.2) is 0 Å². The maximum Gasteiger partial charge on any atom is 0.303 e. The molecule has 0 spiro atoms. The van der Waals surface area contributed by atoms with Crippen molar-refractivity contribution in [2.45, 2.75) is 109 Å². The van der Waals surface area contributed by atoms with Crippen LogP contribution in [0.5, 0.6) is 0 Å². The second-order valence-corrected chi connectivity index (χ2v) is 6.78. The lowest BCUT2D eigenvalue weighted by Gasteiger charge is -2.08. The molecule has 0 aromatic carbocycles. The summed E-state index contributed by atoms with van der Waals surface area (Å²) in [5.74, 6) is -0.764. The van der Waals surface area contributed by atoms with E-state index in [1.807, 2.05) is 0 Å². The van der Waals surface area contributed by atoms with E-state index in [9.17, 15) is 15.0 Å². The minimum Gasteiger partial charge on any atom is -0.481 e. The largest absolute Gasteiger partial charge is 0.481 e. The van der Waals surface area contributed by atoms with Gasteiger partial charge in [-0.2, -0.15) is 0 Å². The monoisotopic (exact) mass is 342 g/mol. The Balaban J connectivity index is 3.48. The summed E-state index contributed by atoms with van der Waals surface area (Å²) in [7, 11) is 0. The predicted molar refractivity (Wildman–Crippen MR) is 99.1 cm³/mol. The van der Waals surface area contributed by atoms with Gasteiger partial charge in [-0.3, -0.25) is 4.79 Å². The van der Waals surface area contributed by atoms with Crippen LogP contribution in [0.3, 0.4) is 0 Å². The SMILES string of the molecule is CCCCCCCCCC[C@H](O)/C=C/[C@H](O)CCCCCC(=O)O. The van der Waals surface area contributed by atoms with Crippen molar-refractivity contribution in [2.24, 2.45) is 0 Å². The van der Waals surface area contributed by atoms with Gasteiger partial charge in [0.15, 0.2) is 0 Å². The molecule has 0 aromatic heterocycles. The van der Waals surface area contributed by atoms with Gasteiger partial charge >= 0.3 is 5.97 Å². The number of hydrogen-bond donors (Lipinski definition) is 3. The number of aliphatic hydroxyl groups excluding tert-OH is 2. The van der Waals surface area contributed by atoms with Gasteiger partial charge in [0.1, 0.15) is 0 Å². The van der Waals surface area contributed by atoms with Crippen LogP contribution in [-0.4, -0.2) is 33.5 Å². The number of aliphatic hydroxyl groups is 2. The van der Waals surface area contributed by atoms with E-state index in [0.717, 1.165) is 25.7 Å². The van der Waals surface area contributed by atoms with E-state index in [0.29, 0.717) is 12.8 Å². The average Bonchev–Trinajstić information content (AvgIpc) is 2.54. The van der Waals surface area contributed by atoms with E-state index in [4.69, 9.17) is 5.11 Å². The van der Waals surface area contributed by atoms with Gasteiger partial charge in [0.05, 0.1) is 12.2 Å². The van der Waals surface area contributed by atoms with Gasteiger partial charge < -0.3 is 15.3 Å². The Morgan fingerprint density at radius 3 is 1.62 bits per heavy atom. The van der Waals surface area contributed by atoms with Crippen molar-refractivity contribution >= 4 is 5.97 Å². The summed E-state index contributed by atoms with van der Waals surface area (Å²) >= 11 is 0. The molecule has 142 valence electrons. The number of carboxylic acid groups (broad SMARTS) is 1. The summed E-state index contributed by atoms with van der Waals surface area (Å²) < 4.78 is 0. The van der Waals surface area contributed by atoms with Crippen molar-refractivity contribution < 1.29 is 20.1 Å². The van der Waals surface area contributed by atoms with Crippen LogP contribution in [0.2, 0.25) is 0 Å². The molecule has 0 amide bonds. The second kappa shape index (κ2) is 17.0. The fourth-order valence-electron chi connectivity index (χ4n) is 2.74. The smallest absolute Gasteiger partial charge is 0.303 e. The molecule has 4 nitrogen and oxygen atoms in total. The van der Waals surface area contributed by atoms with Crippen LogP contribution in [0, 0.1) is 0 Å². The summed E-state index contributed by atoms with van der Waals surface area (Å²) in [5.41, 5.74) is 0. The molecular weight excluding hydrogens is 304 g/mol. The molecule has 0 radical (unpaired) electrons. The maximum atomic E-state index is 10.4. The molecule has 0 unspecified atom stereocenters. The molecule has 0 saturated carbocycles. The Kier molecular flexibility index (Phi) is 16.4. The summed E-state index contributed by atoms with van der Waals surface area (Å²) in [5, 5.41) is 28.2. The van der Waals surface area contributed by atoms with E-state index in [1.165, 1.54) is 44.9 Å². The zero-order valence-electron chi connectivity index (χ0n) is 15.5. The number of carboxylic acids is 1. The molecule has 0 aromatic rings. The molecule has 2 atom stereocenters. The highest BCUT2D eigenvalue weighted by Gasteiger charge is 2.03. The first-order valence-electron chi connectivity index (χ1n) is 9.82. The highest BCUT2D eigenvalue weighted by Crippen LogP contribution is 2.12. The Hall–Kier alpha value is -0.870. The molecule has 0 aliphatic rings. The molecule has 0 aliphatic heterocycles. The summed E-state index contributed by atoms with van der Waals surface area (Å²) in [6.45, 7) is 2.23. The van der Waals surface area contributed by atoms with Crippen LogP contribution in [0.1, 0.15) is 96.8 Å². The fourth-order valence-corrected chi connectivity index (χ4v) is 2.74. The lowest BCUT2D eigenvalue weighted by Crippen LogP contribution is -2.07. The zero-order chi connectivity index (χ0) is 18.0. The third-order valence-electron chi connectivity index (χ3n) is 4.30. The highest BCUT2D eigenvalue weighted by atomic mass is 16.4. The van der Waals surface area contributed by atoms with Crippen molar-refractivity contribution in [3.05, 3.63) is 12.2 Å². The molecule has 3 N–H and O–H groups in total. The third-order valence-corrected chi connectivity index (χ3v) is 4.30. The molecular formula is C20H38O4. The molecule has 24 heavy (non-hydrogen) atoms. The quantitative estimate of drug-likeness (QED) is 0.261. The molecule has 0 heterocycles. The first kappa shape index (κ1) is 23.1. The Morgan fingerprint density at radius 1 is 0.750 bits per heavy atom. The fraction of sp³-hybridized carbons (Fsp3) is 0.850. The van der Waals surface area contributed by atoms with Crippen molar-refractivity contribution in [1.82, 2.24) is 0 Å². The van der Waals surface area contributed by atoms with Crippen molar-refractivity contribution in [2.75, 3.05) is 0 Å². The van der Waals surface area contributed by atoms with Gasteiger partial charge in [0.25, 0.3) is 0 Å². The van der Waals surface area contributed by atoms with Crippen LogP contribution in [0.15, 0.2) is 12.2 Å². The lowest BCUT2D eigenvalue weighted by atomic mass is 10.0. The Bertz CT molecular complexity index is 315. The first-order valence-corrected chi connectivity index (χ1v) is 9.82. The second-order valence-electron chi connectivity index (χ2n) is 6.78. The Labute approximate surface area is 148 Å². The van der Waals surface area contributed by atoms with Crippen LogP contribution in [0.4, 0.5) is 0 Å². The van der Waals surface area contributed by atoms with Crippen LogP contribution in [-0.2, 0) is 4.79 Å². The van der Waals surface area contributed by atoms with Crippen LogP contribution >= 0.6 is 0 Å². The molecule has 0 aliphatic carbocycles. The van der Waals surface area contributed by atoms with E-state index in [2.05, 4.69) is 6.92 Å². The number of carbonyl (C=O) groups is 1. The van der Waals surface area contributed by atoms with Gasteiger partial charge in [-0.15, -0.1) is 0 Å². The number of unbranched alkanes of at least 4 members (excludes halogenated alkanes) is 9. The number of hydrogen-bond acceptors (Lipinski definition) is 3. The maximum absolute atomic E-state index is 10.4. The number of aliphatic carboxylic acids is 1. The minimum atomic E-state index is -0.764. The normalized spacial score (nSPS) is 14.1. The summed E-state index contributed by atoms with van der Waals surface area (Å²) in [6.07, 6.45) is 16.3. The van der Waals surface area contributed by atoms with Crippen molar-refractivity contribution in [3.63, 3.8) is 0 Å². The number of rotatable bonds is 17. The van der Waals surface area contributed by atoms with E-state index in [1.54, 1.807) is 12.2 Å². The van der Waals surface area contributed by atoms with E-state index in [-0.39, 0.29) is 6.42 Å². The molecule has 4 heteroatoms. The standard InChI is InChI=1S/C20H38O4/c1-2-3-4-5-6-7-8-10-13-18(21)16-17-19(22)14-11-9-12-15-20(23)24/h16-19,21-22H,2-15H2,1H3,(H,23,24)/b17-16+/t18-,19+/m0/s1. The zero-order valence-corrected chi connectivity index (χ0v) is 15.5. The highest BCUT2D eigenvalue weighted by molar-refractivity contribution is 5.66. The Morgan fingerprint density at radius 2 is 1.17 bits per heavy atom. The van der Waals surface area contributed by atoms with Gasteiger partial charge in [0.2, 0.25) is 0 Å². The molecule has 0 saturated heterocycles. The summed E-state index contributed by atoms with van der Waals surface area (Å²) in [4.78, 5) is 10.4. The predicted octanol–water partition coefficient (Wildman–Crippen LogP) is 4.83. The van der Waals surface area contributed by atoms with Crippen molar-refractivity contribution in [3.8, 4) is 0 Å². The van der Waals surface area contributed by atoms with Crippen molar-refractivity contribution in [1.29, 1.82) is 0 Å². The van der Waals surface area contributed by atoms with Crippen LogP contribution < -0.4 is 0 Å².